The first-order valence-electron chi connectivity index (χ1n) is 6.44. The fourth-order valence-electron chi connectivity index (χ4n) is 1.93. The SMILES string of the molecule is CCOc1ccccc1/C=C(/C(=O)O)c1ccccc1. The molecule has 0 bridgehead atoms. The summed E-state index contributed by atoms with van der Waals surface area (Å²) < 4.78 is 5.52. The van der Waals surface area contributed by atoms with E-state index < -0.39 is 5.97 Å². The number of carboxylic acid groups (broad SMARTS) is 1. The number of carboxylic acids is 1. The molecule has 3 nitrogen and oxygen atoms in total. The molecule has 0 amide bonds. The van der Waals surface area contributed by atoms with Crippen molar-refractivity contribution in [2.75, 3.05) is 6.61 Å². The van der Waals surface area contributed by atoms with Gasteiger partial charge in [0.05, 0.1) is 12.2 Å². The molecule has 3 heteroatoms. The van der Waals surface area contributed by atoms with Crippen molar-refractivity contribution in [3.05, 3.63) is 65.7 Å². The average molecular weight is 268 g/mol. The van der Waals surface area contributed by atoms with Gasteiger partial charge in [0.2, 0.25) is 0 Å². The first kappa shape index (κ1) is 13.9. The Hall–Kier alpha value is -2.55. The van der Waals surface area contributed by atoms with E-state index in [-0.39, 0.29) is 5.57 Å². The van der Waals surface area contributed by atoms with Gasteiger partial charge in [0.15, 0.2) is 0 Å². The summed E-state index contributed by atoms with van der Waals surface area (Å²) >= 11 is 0. The normalized spacial score (nSPS) is 11.2. The molecule has 0 aromatic heterocycles. The summed E-state index contributed by atoms with van der Waals surface area (Å²) in [6.45, 7) is 2.44. The molecule has 0 aliphatic carbocycles. The zero-order valence-corrected chi connectivity index (χ0v) is 11.2. The Kier molecular flexibility index (Phi) is 4.56. The van der Waals surface area contributed by atoms with Gasteiger partial charge in [-0.25, -0.2) is 4.79 Å². The third kappa shape index (κ3) is 3.26. The number of rotatable bonds is 5. The fraction of sp³-hybridized carbons (Fsp3) is 0.118. The number of carbonyl (C=O) groups is 1. The molecule has 1 N–H and O–H groups in total. The van der Waals surface area contributed by atoms with E-state index in [0.717, 1.165) is 5.56 Å². The molecule has 0 aliphatic heterocycles. The predicted octanol–water partition coefficient (Wildman–Crippen LogP) is 3.71. The summed E-state index contributed by atoms with van der Waals surface area (Å²) in [5, 5.41) is 9.40. The standard InChI is InChI=1S/C17H16O3/c1-2-20-16-11-7-6-10-14(16)12-15(17(18)19)13-8-4-3-5-9-13/h3-12H,2H2,1H3,(H,18,19)/b15-12+. The van der Waals surface area contributed by atoms with E-state index in [1.165, 1.54) is 0 Å². The zero-order chi connectivity index (χ0) is 14.4. The molecule has 20 heavy (non-hydrogen) atoms. The average Bonchev–Trinajstić information content (AvgIpc) is 2.47. The van der Waals surface area contributed by atoms with Gasteiger partial charge in [0.25, 0.3) is 0 Å². The van der Waals surface area contributed by atoms with Gasteiger partial charge in [-0.15, -0.1) is 0 Å². The van der Waals surface area contributed by atoms with Crippen molar-refractivity contribution >= 4 is 17.6 Å². The predicted molar refractivity (Wildman–Crippen MR) is 79.6 cm³/mol. The van der Waals surface area contributed by atoms with Crippen LogP contribution in [0, 0.1) is 0 Å². The fourth-order valence-corrected chi connectivity index (χ4v) is 1.93. The van der Waals surface area contributed by atoms with Crippen molar-refractivity contribution in [1.82, 2.24) is 0 Å². The molecule has 0 saturated heterocycles. The van der Waals surface area contributed by atoms with Crippen LogP contribution in [0.1, 0.15) is 18.1 Å². The van der Waals surface area contributed by atoms with E-state index in [2.05, 4.69) is 0 Å². The summed E-state index contributed by atoms with van der Waals surface area (Å²) in [5.74, 6) is -0.271. The van der Waals surface area contributed by atoms with Crippen LogP contribution in [-0.4, -0.2) is 17.7 Å². The minimum absolute atomic E-state index is 0.248. The molecule has 0 atom stereocenters. The Bertz CT molecular complexity index is 615. The number of hydrogen-bond donors (Lipinski definition) is 1. The maximum atomic E-state index is 11.5. The van der Waals surface area contributed by atoms with Crippen LogP contribution < -0.4 is 4.74 Å². The van der Waals surface area contributed by atoms with Gasteiger partial charge in [-0.3, -0.25) is 0 Å². The second-order valence-electron chi connectivity index (χ2n) is 4.20. The highest BCUT2D eigenvalue weighted by atomic mass is 16.5. The Morgan fingerprint density at radius 2 is 1.75 bits per heavy atom. The minimum Gasteiger partial charge on any atom is -0.493 e. The number of ether oxygens (including phenoxy) is 1. The Morgan fingerprint density at radius 3 is 2.40 bits per heavy atom. The minimum atomic E-state index is -0.956. The number of benzene rings is 2. The topological polar surface area (TPSA) is 46.5 Å². The summed E-state index contributed by atoms with van der Waals surface area (Å²) in [5.41, 5.74) is 1.68. The van der Waals surface area contributed by atoms with Crippen LogP contribution in [0.2, 0.25) is 0 Å². The van der Waals surface area contributed by atoms with Crippen molar-refractivity contribution in [2.45, 2.75) is 6.92 Å². The number of aliphatic carboxylic acids is 1. The second kappa shape index (κ2) is 6.57. The van der Waals surface area contributed by atoms with Crippen LogP contribution in [0.3, 0.4) is 0 Å². The van der Waals surface area contributed by atoms with Crippen molar-refractivity contribution in [1.29, 1.82) is 0 Å². The summed E-state index contributed by atoms with van der Waals surface area (Å²) in [6.07, 6.45) is 1.64. The van der Waals surface area contributed by atoms with Gasteiger partial charge in [-0.1, -0.05) is 48.5 Å². The van der Waals surface area contributed by atoms with Gasteiger partial charge in [-0.05, 0) is 24.6 Å². The highest BCUT2D eigenvalue weighted by Gasteiger charge is 2.11. The molecule has 0 saturated carbocycles. The van der Waals surface area contributed by atoms with Crippen LogP contribution in [0.15, 0.2) is 54.6 Å². The smallest absolute Gasteiger partial charge is 0.336 e. The third-order valence-electron chi connectivity index (χ3n) is 2.83. The summed E-state index contributed by atoms with van der Waals surface area (Å²) in [7, 11) is 0. The number of hydrogen-bond acceptors (Lipinski definition) is 2. The van der Waals surface area contributed by atoms with Gasteiger partial charge < -0.3 is 9.84 Å². The molecule has 0 spiro atoms. The Labute approximate surface area is 118 Å². The van der Waals surface area contributed by atoms with E-state index in [4.69, 9.17) is 4.74 Å². The molecule has 2 aromatic rings. The largest absolute Gasteiger partial charge is 0.493 e. The maximum Gasteiger partial charge on any atom is 0.336 e. The third-order valence-corrected chi connectivity index (χ3v) is 2.83. The molecule has 0 aliphatic rings. The molecule has 2 aromatic carbocycles. The monoisotopic (exact) mass is 268 g/mol. The van der Waals surface area contributed by atoms with Crippen molar-refractivity contribution in [3.63, 3.8) is 0 Å². The summed E-state index contributed by atoms with van der Waals surface area (Å²) in [4.78, 5) is 11.5. The zero-order valence-electron chi connectivity index (χ0n) is 11.2. The highest BCUT2D eigenvalue weighted by Crippen LogP contribution is 2.25. The number of para-hydroxylation sites is 1. The lowest BCUT2D eigenvalue weighted by Crippen LogP contribution is -2.00. The van der Waals surface area contributed by atoms with Gasteiger partial charge in [-0.2, -0.15) is 0 Å². The second-order valence-corrected chi connectivity index (χ2v) is 4.20. The molecule has 102 valence electrons. The molecule has 2 rings (SSSR count). The Morgan fingerprint density at radius 1 is 1.10 bits per heavy atom. The van der Waals surface area contributed by atoms with Crippen molar-refractivity contribution < 1.29 is 14.6 Å². The van der Waals surface area contributed by atoms with E-state index in [1.54, 1.807) is 18.2 Å². The highest BCUT2D eigenvalue weighted by molar-refractivity contribution is 6.20. The van der Waals surface area contributed by atoms with Crippen LogP contribution >= 0.6 is 0 Å². The quantitative estimate of drug-likeness (QED) is 0.664. The maximum absolute atomic E-state index is 11.5. The van der Waals surface area contributed by atoms with Crippen molar-refractivity contribution in [3.8, 4) is 5.75 Å². The first-order valence-corrected chi connectivity index (χ1v) is 6.44. The van der Waals surface area contributed by atoms with Crippen LogP contribution in [0.4, 0.5) is 0 Å². The molecule has 0 radical (unpaired) electrons. The first-order chi connectivity index (χ1) is 9.72. The lowest BCUT2D eigenvalue weighted by molar-refractivity contribution is -0.130. The van der Waals surface area contributed by atoms with Gasteiger partial charge in [0.1, 0.15) is 5.75 Å². The molecular weight excluding hydrogens is 252 g/mol. The summed E-state index contributed by atoms with van der Waals surface area (Å²) in [6, 6.07) is 16.5. The lowest BCUT2D eigenvalue weighted by atomic mass is 10.0. The van der Waals surface area contributed by atoms with Crippen LogP contribution in [-0.2, 0) is 4.79 Å². The van der Waals surface area contributed by atoms with Crippen LogP contribution in [0.5, 0.6) is 5.75 Å². The molecule has 0 heterocycles. The molecule has 0 unspecified atom stereocenters. The van der Waals surface area contributed by atoms with Gasteiger partial charge >= 0.3 is 5.97 Å². The van der Waals surface area contributed by atoms with E-state index >= 15 is 0 Å². The van der Waals surface area contributed by atoms with Gasteiger partial charge in [0, 0.05) is 5.56 Å². The van der Waals surface area contributed by atoms with Crippen molar-refractivity contribution in [2.24, 2.45) is 0 Å². The molecular formula is C17H16O3. The van der Waals surface area contributed by atoms with E-state index in [0.29, 0.717) is 17.9 Å². The van der Waals surface area contributed by atoms with E-state index in [1.807, 2.05) is 49.4 Å². The van der Waals surface area contributed by atoms with E-state index in [9.17, 15) is 9.90 Å². The Balaban J connectivity index is 2.47. The lowest BCUT2D eigenvalue weighted by Gasteiger charge is -2.08. The van der Waals surface area contributed by atoms with Crippen LogP contribution in [0.25, 0.3) is 11.6 Å². The molecule has 0 fully saturated rings.